The van der Waals surface area contributed by atoms with Gasteiger partial charge in [-0.3, -0.25) is 31.9 Å². The topological polar surface area (TPSA) is 349 Å². The van der Waals surface area contributed by atoms with E-state index in [1.54, 1.807) is 38.4 Å². The molecule has 0 heterocycles. The highest BCUT2D eigenvalue weighted by molar-refractivity contribution is 6.00. The van der Waals surface area contributed by atoms with E-state index in [2.05, 4.69) is 81.6 Å². The number of hydrogen-bond acceptors (Lipinski definition) is 22. The number of carbonyl (C=O) groups excluding carboxylic acids is 8. The molecular weight excluding hydrogens is 1000 g/mol. The van der Waals surface area contributed by atoms with Crippen molar-refractivity contribution in [3.63, 3.8) is 0 Å². The largest absolute Gasteiger partial charge is 0.513 e. The van der Waals surface area contributed by atoms with Gasteiger partial charge in [-0.2, -0.15) is 0 Å². The second-order valence-electron chi connectivity index (χ2n) is 14.0. The Hall–Kier alpha value is -10.5. The van der Waals surface area contributed by atoms with Crippen molar-refractivity contribution in [1.82, 2.24) is 0 Å². The van der Waals surface area contributed by atoms with Crippen molar-refractivity contribution in [3.05, 3.63) is 97.1 Å². The molecule has 0 aromatic heterocycles. The van der Waals surface area contributed by atoms with E-state index in [-0.39, 0.29) is 22.9 Å². The van der Waals surface area contributed by atoms with Gasteiger partial charge >= 0.3 is 48.9 Å². The minimum atomic E-state index is -1.12. The summed E-state index contributed by atoms with van der Waals surface area (Å²) in [5.74, 6) is -0.534. The molecule has 0 aliphatic carbocycles. The van der Waals surface area contributed by atoms with E-state index in [0.29, 0.717) is 45.5 Å². The van der Waals surface area contributed by atoms with Crippen LogP contribution in [0.15, 0.2) is 97.1 Å². The monoisotopic (exact) mass is 1060 g/mol. The molecule has 5 rings (SSSR count). The number of carbonyl (C=O) groups is 8. The average molecular weight is 1060 g/mol. The number of ether oxygens (including phenoxy) is 10. The van der Waals surface area contributed by atoms with Crippen LogP contribution in [0.1, 0.15) is 0 Å². The summed E-state index contributed by atoms with van der Waals surface area (Å²) in [6.07, 6.45) is -6.48. The van der Waals surface area contributed by atoms with Gasteiger partial charge in [-0.15, -0.1) is 0 Å². The van der Waals surface area contributed by atoms with Gasteiger partial charge < -0.3 is 68.6 Å². The average Bonchev–Trinajstić information content (AvgIpc) is 3.43. The summed E-state index contributed by atoms with van der Waals surface area (Å²) in [6, 6.07) is 27.8. The number of methoxy groups -OCH3 is 8. The van der Waals surface area contributed by atoms with Crippen LogP contribution < -0.4 is 62.6 Å². The zero-order chi connectivity index (χ0) is 56.2. The maximum absolute atomic E-state index is 11.9. The zero-order valence-corrected chi connectivity index (χ0v) is 42.6. The number of para-hydroxylation sites is 2. The molecular formula is C48H56N10O18. The highest BCUT2D eigenvalue weighted by Gasteiger charge is 2.22. The number of anilines is 12. The Morgan fingerprint density at radius 2 is 0.553 bits per heavy atom. The normalized spacial score (nSPS) is 9.61. The molecule has 0 fully saturated rings. The molecule has 76 heavy (non-hydrogen) atoms. The third kappa shape index (κ3) is 19.2. The van der Waals surface area contributed by atoms with Gasteiger partial charge in [0.15, 0.2) is 11.5 Å². The first kappa shape index (κ1) is 59.8. The number of benzene rings is 5. The smallest absolute Gasteiger partial charge is 0.453 e. The predicted octanol–water partition coefficient (Wildman–Crippen LogP) is 9.99. The van der Waals surface area contributed by atoms with Crippen molar-refractivity contribution < 1.29 is 85.7 Å². The summed E-state index contributed by atoms with van der Waals surface area (Å²) in [7, 11) is 12.8. The molecule has 0 unspecified atom stereocenters. The molecule has 0 atom stereocenters. The highest BCUT2D eigenvalue weighted by Crippen LogP contribution is 2.39. The molecule has 0 bridgehead atoms. The summed E-state index contributed by atoms with van der Waals surface area (Å²) in [5, 5.41) is 27.4. The molecule has 28 nitrogen and oxygen atoms in total. The Bertz CT molecular complexity index is 2570. The maximum atomic E-state index is 11.9. The lowest BCUT2D eigenvalue weighted by molar-refractivity contribution is 0.119. The van der Waals surface area contributed by atoms with Crippen LogP contribution in [0.25, 0.3) is 0 Å². The van der Waals surface area contributed by atoms with Crippen LogP contribution in [0.2, 0.25) is 0 Å². The number of hydrogen-bond donors (Lipinski definition) is 10. The van der Waals surface area contributed by atoms with E-state index in [1.807, 2.05) is 60.7 Å². The van der Waals surface area contributed by atoms with Gasteiger partial charge in [-0.25, -0.2) is 38.4 Å². The van der Waals surface area contributed by atoms with Crippen LogP contribution in [-0.2, 0) is 37.9 Å². The minimum Gasteiger partial charge on any atom is -0.453 e. The van der Waals surface area contributed by atoms with Crippen molar-refractivity contribution in [2.24, 2.45) is 0 Å². The summed E-state index contributed by atoms with van der Waals surface area (Å²) >= 11 is 0. The fourth-order valence-corrected chi connectivity index (χ4v) is 5.74. The Morgan fingerprint density at radius 3 is 0.829 bits per heavy atom. The van der Waals surface area contributed by atoms with Crippen molar-refractivity contribution >= 4 is 117 Å². The molecule has 6 amide bonds. The third-order valence-electron chi connectivity index (χ3n) is 9.29. The van der Waals surface area contributed by atoms with E-state index in [4.69, 9.17) is 18.9 Å². The van der Waals surface area contributed by atoms with Crippen LogP contribution in [0.3, 0.4) is 0 Å². The summed E-state index contributed by atoms with van der Waals surface area (Å²) < 4.78 is 45.9. The van der Waals surface area contributed by atoms with Crippen LogP contribution >= 0.6 is 0 Å². The molecule has 406 valence electrons. The van der Waals surface area contributed by atoms with Crippen molar-refractivity contribution in [1.29, 1.82) is 0 Å². The fraction of sp³-hybridized carbons (Fsp3) is 0.208. The highest BCUT2D eigenvalue weighted by atomic mass is 16.7. The molecule has 10 N–H and O–H groups in total. The van der Waals surface area contributed by atoms with Crippen LogP contribution in [0, 0.1) is 0 Å². The van der Waals surface area contributed by atoms with E-state index in [9.17, 15) is 38.4 Å². The van der Waals surface area contributed by atoms with Crippen LogP contribution in [0.5, 0.6) is 11.5 Å². The Kier molecular flexibility index (Phi) is 24.4. The lowest BCUT2D eigenvalue weighted by Gasteiger charge is -2.19. The van der Waals surface area contributed by atoms with Crippen LogP contribution in [0.4, 0.5) is 107 Å². The molecule has 0 saturated heterocycles. The minimum absolute atomic E-state index is 0.106. The third-order valence-corrected chi connectivity index (χ3v) is 9.29. The first-order valence-electron chi connectivity index (χ1n) is 21.6. The van der Waals surface area contributed by atoms with Crippen LogP contribution in [-0.4, -0.2) is 120 Å². The van der Waals surface area contributed by atoms with Gasteiger partial charge in [0.2, 0.25) is 0 Å². The van der Waals surface area contributed by atoms with Gasteiger partial charge in [0.25, 0.3) is 0 Å². The van der Waals surface area contributed by atoms with Gasteiger partial charge in [-0.1, -0.05) is 36.4 Å². The Labute approximate surface area is 434 Å². The van der Waals surface area contributed by atoms with E-state index >= 15 is 0 Å². The lowest BCUT2D eigenvalue weighted by Crippen LogP contribution is -2.17. The van der Waals surface area contributed by atoms with E-state index < -0.39 is 48.9 Å². The Balaban J connectivity index is 0.000000307. The Morgan fingerprint density at radius 1 is 0.303 bits per heavy atom. The second-order valence-corrected chi connectivity index (χ2v) is 14.0. The maximum Gasteiger partial charge on any atom is 0.513 e. The first-order chi connectivity index (χ1) is 36.5. The molecule has 0 aliphatic rings. The summed E-state index contributed by atoms with van der Waals surface area (Å²) in [4.78, 5) is 92.0. The molecule has 0 saturated carbocycles. The molecule has 0 radical (unpaired) electrons. The first-order valence-corrected chi connectivity index (χ1v) is 21.6. The zero-order valence-electron chi connectivity index (χ0n) is 42.6. The molecule has 5 aromatic rings. The van der Waals surface area contributed by atoms with Gasteiger partial charge in [0.1, 0.15) is 0 Å². The van der Waals surface area contributed by atoms with Crippen molar-refractivity contribution in [2.45, 2.75) is 0 Å². The van der Waals surface area contributed by atoms with Crippen molar-refractivity contribution in [3.8, 4) is 11.5 Å². The van der Waals surface area contributed by atoms with Crippen molar-refractivity contribution in [2.75, 3.05) is 124 Å². The molecule has 5 aromatic carbocycles. The molecule has 0 aliphatic heterocycles. The number of nitrogens with one attached hydrogen (secondary N) is 10. The predicted molar refractivity (Wildman–Crippen MR) is 280 cm³/mol. The van der Waals surface area contributed by atoms with E-state index in [1.165, 1.54) is 28.4 Å². The van der Waals surface area contributed by atoms with Gasteiger partial charge in [0.05, 0.1) is 114 Å². The fourth-order valence-electron chi connectivity index (χ4n) is 5.74. The quantitative estimate of drug-likeness (QED) is 0.0281. The standard InChI is InChI=1S/C22H22N4O4.C14H16N2O10.C12H18N4O4/c1-29-21(27)25-19-14-20(26-22(28)30-2)18(24-16-11-7-4-8-12-16)13-17(19)23-15-9-5-3-6-10-15;1-21-11(17)15-7-5-8(16-12(18)22-2)10(26-14(20)24-4)6-9(7)25-13(19)23-3;1-13-7-5-10(16-12(18)20-4)8(14-2)6-9(7)15-11(17)19-3/h3-14,23-24H,1-2H3,(H,25,27)(H,26,28);5-6H,1-4H3,(H,15,17)(H,16,18);5-6,13-14H,1-4H3,(H,15,17)(H,16,18). The SMILES string of the molecule is CNc1cc(NC(=O)OC)c(NC)cc1NC(=O)OC.COC(=O)Nc1cc(NC(=O)OC)c(Nc2ccccc2)cc1Nc1ccccc1.COC(=O)Nc1cc(NC(=O)OC)c(OC(=O)OC)cc1OC(=O)OC. The molecule has 28 heteroatoms. The van der Waals surface area contributed by atoms with Gasteiger partial charge in [0, 0.05) is 31.5 Å². The van der Waals surface area contributed by atoms with Gasteiger partial charge in [-0.05, 0) is 54.6 Å². The lowest BCUT2D eigenvalue weighted by atomic mass is 10.1. The molecule has 0 spiro atoms. The number of amides is 6. The number of rotatable bonds is 14. The van der Waals surface area contributed by atoms with E-state index in [0.717, 1.165) is 51.9 Å². The second kappa shape index (κ2) is 31.0. The summed E-state index contributed by atoms with van der Waals surface area (Å²) in [5.41, 5.74) is 5.71. The summed E-state index contributed by atoms with van der Waals surface area (Å²) in [6.45, 7) is 0.